The zero-order chi connectivity index (χ0) is 22.2. The second-order valence-electron chi connectivity index (χ2n) is 7.35. The summed E-state index contributed by atoms with van der Waals surface area (Å²) < 4.78 is 24.8. The molecule has 31 heavy (non-hydrogen) atoms. The number of nitriles is 1. The van der Waals surface area contributed by atoms with E-state index in [4.69, 9.17) is 26.3 Å². The molecule has 1 aromatic carbocycles. The van der Waals surface area contributed by atoms with Crippen molar-refractivity contribution in [3.05, 3.63) is 57.6 Å². The van der Waals surface area contributed by atoms with E-state index >= 15 is 0 Å². The largest absolute Gasteiger partial charge is 0.494 e. The van der Waals surface area contributed by atoms with E-state index in [1.54, 1.807) is 6.07 Å². The maximum Gasteiger partial charge on any atom is 0.306 e. The summed E-state index contributed by atoms with van der Waals surface area (Å²) >= 11 is 5.85. The first-order valence-electron chi connectivity index (χ1n) is 10.4. The van der Waals surface area contributed by atoms with Crippen molar-refractivity contribution >= 4 is 17.6 Å². The number of aromatic nitrogens is 1. The molecule has 8 heteroatoms. The average Bonchev–Trinajstić information content (AvgIpc) is 3.14. The number of aryl methyl sites for hydroxylation is 1. The van der Waals surface area contributed by atoms with Gasteiger partial charge in [-0.1, -0.05) is 17.7 Å². The minimum absolute atomic E-state index is 0.00476. The van der Waals surface area contributed by atoms with Gasteiger partial charge in [-0.15, -0.1) is 0 Å². The smallest absolute Gasteiger partial charge is 0.306 e. The van der Waals surface area contributed by atoms with Gasteiger partial charge in [0.1, 0.15) is 22.8 Å². The number of carbonyl (C=O) groups is 1. The van der Waals surface area contributed by atoms with Gasteiger partial charge in [0.25, 0.3) is 0 Å². The molecule has 1 atom stereocenters. The van der Waals surface area contributed by atoms with Crippen LogP contribution in [-0.4, -0.2) is 30.7 Å². The minimum Gasteiger partial charge on any atom is -0.494 e. The fourth-order valence-corrected chi connectivity index (χ4v) is 3.90. The standard InChI is InChI=1S/C23H25ClFN3O3/c1-2-30-22(29)12-16-5-4-15-10-18(6-7-19(15)16)31-9-3-8-27-14-21-20(25)11-17(13-26)23(24)28-21/h6-7,10-11,16,27H,2-5,8-9,12,14H2,1H3/t16-/m0/s1. The lowest BCUT2D eigenvalue weighted by atomic mass is 9.98. The fraction of sp³-hybridized carbons (Fsp3) is 0.435. The van der Waals surface area contributed by atoms with Gasteiger partial charge >= 0.3 is 5.97 Å². The molecule has 6 nitrogen and oxygen atoms in total. The first-order valence-corrected chi connectivity index (χ1v) is 10.8. The van der Waals surface area contributed by atoms with Gasteiger partial charge in [0, 0.05) is 6.54 Å². The Balaban J connectivity index is 1.40. The molecule has 0 aliphatic heterocycles. The van der Waals surface area contributed by atoms with Gasteiger partial charge in [-0.3, -0.25) is 4.79 Å². The van der Waals surface area contributed by atoms with Crippen LogP contribution in [-0.2, 0) is 22.5 Å². The number of nitrogens with one attached hydrogen (secondary N) is 1. The van der Waals surface area contributed by atoms with Crippen molar-refractivity contribution < 1.29 is 18.7 Å². The number of ether oxygens (including phenoxy) is 2. The van der Waals surface area contributed by atoms with Crippen LogP contribution in [0.25, 0.3) is 0 Å². The first kappa shape index (κ1) is 23.0. The Labute approximate surface area is 186 Å². The molecule has 0 fully saturated rings. The second-order valence-corrected chi connectivity index (χ2v) is 7.71. The number of carbonyl (C=O) groups excluding carboxylic acids is 1. The summed E-state index contributed by atoms with van der Waals surface area (Å²) in [6.45, 7) is 3.58. The van der Waals surface area contributed by atoms with Crippen molar-refractivity contribution in [3.63, 3.8) is 0 Å². The maximum atomic E-state index is 13.9. The molecule has 0 radical (unpaired) electrons. The van der Waals surface area contributed by atoms with Crippen LogP contribution in [0.5, 0.6) is 5.75 Å². The number of rotatable bonds is 10. The molecule has 0 spiro atoms. The summed E-state index contributed by atoms with van der Waals surface area (Å²) in [4.78, 5) is 15.7. The Kier molecular flexibility index (Phi) is 8.21. The molecule has 0 unspecified atom stereocenters. The lowest BCUT2D eigenvalue weighted by molar-refractivity contribution is -0.143. The number of hydrogen-bond donors (Lipinski definition) is 1. The third kappa shape index (κ3) is 6.16. The van der Waals surface area contributed by atoms with E-state index in [9.17, 15) is 9.18 Å². The Morgan fingerprint density at radius 2 is 2.26 bits per heavy atom. The summed E-state index contributed by atoms with van der Waals surface area (Å²) in [7, 11) is 0. The van der Waals surface area contributed by atoms with Crippen LogP contribution in [0.15, 0.2) is 24.3 Å². The van der Waals surface area contributed by atoms with Gasteiger partial charge in [-0.05, 0) is 68.0 Å². The van der Waals surface area contributed by atoms with Crippen LogP contribution in [0.1, 0.15) is 54.5 Å². The van der Waals surface area contributed by atoms with E-state index in [0.717, 1.165) is 31.1 Å². The second kappa shape index (κ2) is 11.1. The summed E-state index contributed by atoms with van der Waals surface area (Å²) in [5, 5.41) is 11.9. The van der Waals surface area contributed by atoms with Gasteiger partial charge < -0.3 is 14.8 Å². The quantitative estimate of drug-likeness (QED) is 0.333. The Morgan fingerprint density at radius 1 is 1.42 bits per heavy atom. The van der Waals surface area contributed by atoms with Crippen LogP contribution >= 0.6 is 11.6 Å². The van der Waals surface area contributed by atoms with Crippen molar-refractivity contribution in [1.29, 1.82) is 5.26 Å². The van der Waals surface area contributed by atoms with Crippen molar-refractivity contribution in [1.82, 2.24) is 10.3 Å². The van der Waals surface area contributed by atoms with Gasteiger partial charge in [-0.2, -0.15) is 5.26 Å². The van der Waals surface area contributed by atoms with E-state index in [2.05, 4.69) is 10.3 Å². The molecular weight excluding hydrogens is 421 g/mol. The third-order valence-electron chi connectivity index (χ3n) is 5.22. The molecule has 3 rings (SSSR count). The Bertz CT molecular complexity index is 977. The van der Waals surface area contributed by atoms with Crippen LogP contribution < -0.4 is 10.1 Å². The lowest BCUT2D eigenvalue weighted by Crippen LogP contribution is -2.19. The van der Waals surface area contributed by atoms with Crippen LogP contribution in [0.2, 0.25) is 5.15 Å². The summed E-state index contributed by atoms with van der Waals surface area (Å²) in [5.41, 5.74) is 2.64. The molecular formula is C23H25ClFN3O3. The zero-order valence-corrected chi connectivity index (χ0v) is 18.2. The number of pyridine rings is 1. The summed E-state index contributed by atoms with van der Waals surface area (Å²) in [6.07, 6.45) is 3.04. The highest BCUT2D eigenvalue weighted by molar-refractivity contribution is 6.30. The molecule has 2 aromatic rings. The van der Waals surface area contributed by atoms with Crippen molar-refractivity contribution in [3.8, 4) is 11.8 Å². The van der Waals surface area contributed by atoms with Gasteiger partial charge in [0.15, 0.2) is 0 Å². The molecule has 1 aromatic heterocycles. The lowest BCUT2D eigenvalue weighted by Gasteiger charge is -2.12. The van der Waals surface area contributed by atoms with E-state index in [1.807, 2.05) is 25.1 Å². The average molecular weight is 446 g/mol. The minimum atomic E-state index is -0.552. The SMILES string of the molecule is CCOC(=O)C[C@@H]1CCc2cc(OCCCNCc3nc(Cl)c(C#N)cc3F)ccc21. The summed E-state index contributed by atoms with van der Waals surface area (Å²) in [6, 6.07) is 8.93. The van der Waals surface area contributed by atoms with Crippen molar-refractivity contribution in [2.24, 2.45) is 0 Å². The van der Waals surface area contributed by atoms with E-state index < -0.39 is 5.82 Å². The number of benzene rings is 1. The van der Waals surface area contributed by atoms with Gasteiger partial charge in [0.2, 0.25) is 0 Å². The van der Waals surface area contributed by atoms with E-state index in [1.165, 1.54) is 11.1 Å². The monoisotopic (exact) mass is 445 g/mol. The Morgan fingerprint density at radius 3 is 3.03 bits per heavy atom. The fourth-order valence-electron chi connectivity index (χ4n) is 3.70. The maximum absolute atomic E-state index is 13.9. The molecule has 164 valence electrons. The number of halogens is 2. The molecule has 1 heterocycles. The van der Waals surface area contributed by atoms with Crippen molar-refractivity contribution in [2.75, 3.05) is 19.8 Å². The number of nitrogens with zero attached hydrogens (tertiary/aromatic N) is 2. The first-order chi connectivity index (χ1) is 15.0. The highest BCUT2D eigenvalue weighted by Crippen LogP contribution is 2.37. The zero-order valence-electron chi connectivity index (χ0n) is 17.4. The van der Waals surface area contributed by atoms with Gasteiger partial charge in [-0.25, -0.2) is 9.37 Å². The van der Waals surface area contributed by atoms with Gasteiger partial charge in [0.05, 0.1) is 30.9 Å². The topological polar surface area (TPSA) is 84.2 Å². The molecule has 0 bridgehead atoms. The molecule has 0 amide bonds. The molecule has 1 aliphatic carbocycles. The highest BCUT2D eigenvalue weighted by Gasteiger charge is 2.25. The number of hydrogen-bond acceptors (Lipinski definition) is 6. The molecule has 1 N–H and O–H groups in total. The highest BCUT2D eigenvalue weighted by atomic mass is 35.5. The van der Waals surface area contributed by atoms with E-state index in [0.29, 0.717) is 26.2 Å². The number of esters is 1. The van der Waals surface area contributed by atoms with Crippen molar-refractivity contribution in [2.45, 2.75) is 45.1 Å². The Hall–Kier alpha value is -2.69. The molecule has 0 saturated carbocycles. The van der Waals surface area contributed by atoms with E-state index in [-0.39, 0.29) is 34.8 Å². The van der Waals surface area contributed by atoms with Crippen LogP contribution in [0.4, 0.5) is 4.39 Å². The predicted octanol–water partition coefficient (Wildman–Crippen LogP) is 4.29. The molecule has 1 aliphatic rings. The van der Waals surface area contributed by atoms with Crippen LogP contribution in [0.3, 0.4) is 0 Å². The third-order valence-corrected chi connectivity index (χ3v) is 5.50. The summed E-state index contributed by atoms with van der Waals surface area (Å²) in [5.74, 6) is 0.329. The normalized spacial score (nSPS) is 14.7. The molecule has 0 saturated heterocycles. The predicted molar refractivity (Wildman–Crippen MR) is 114 cm³/mol. The number of fused-ring (bicyclic) bond motifs is 1. The van der Waals surface area contributed by atoms with Crippen LogP contribution in [0, 0.1) is 17.1 Å².